The molecule has 2 atom stereocenters. The average molecular weight is 667 g/mol. The molecule has 208 valence electrons. The number of hydrogen-bond donors (Lipinski definition) is 2. The molecular formula is C34H27IN4O3. The summed E-state index contributed by atoms with van der Waals surface area (Å²) in [7, 11) is 0. The molecule has 3 amide bonds. The zero-order valence-corrected chi connectivity index (χ0v) is 24.7. The molecule has 42 heavy (non-hydrogen) atoms. The van der Waals surface area contributed by atoms with E-state index in [9.17, 15) is 14.4 Å². The van der Waals surface area contributed by atoms with E-state index in [4.69, 9.17) is 0 Å². The van der Waals surface area contributed by atoms with E-state index in [0.717, 1.165) is 37.1 Å². The Hall–Kier alpha value is -4.31. The van der Waals surface area contributed by atoms with Crippen LogP contribution in [0.1, 0.15) is 33.7 Å². The first-order chi connectivity index (χ1) is 20.5. The second-order valence-electron chi connectivity index (χ2n) is 10.9. The number of halogens is 1. The van der Waals surface area contributed by atoms with Crippen molar-refractivity contribution < 1.29 is 14.4 Å². The second kappa shape index (κ2) is 10.5. The number of hydrazone groups is 1. The molecule has 8 rings (SSSR count). The molecule has 0 radical (unpaired) electrons. The van der Waals surface area contributed by atoms with Crippen LogP contribution < -0.4 is 10.7 Å². The Labute approximate surface area is 257 Å². The summed E-state index contributed by atoms with van der Waals surface area (Å²) in [6.07, 6.45) is 1.69. The van der Waals surface area contributed by atoms with Crippen molar-refractivity contribution in [3.8, 4) is 0 Å². The van der Waals surface area contributed by atoms with E-state index < -0.39 is 17.3 Å². The summed E-state index contributed by atoms with van der Waals surface area (Å²) in [5.74, 6) is -2.15. The zero-order chi connectivity index (χ0) is 28.8. The first kappa shape index (κ1) is 26.6. The van der Waals surface area contributed by atoms with Gasteiger partial charge in [0.05, 0.1) is 30.3 Å². The highest BCUT2D eigenvalue weighted by Gasteiger charge is 2.67. The molecule has 0 spiro atoms. The van der Waals surface area contributed by atoms with Crippen molar-refractivity contribution in [3.63, 3.8) is 0 Å². The van der Waals surface area contributed by atoms with Crippen LogP contribution >= 0.6 is 22.6 Å². The van der Waals surface area contributed by atoms with Crippen LogP contribution in [0.3, 0.4) is 0 Å². The van der Waals surface area contributed by atoms with Gasteiger partial charge in [0.15, 0.2) is 0 Å². The number of nitrogens with one attached hydrogen (secondary N) is 2. The summed E-state index contributed by atoms with van der Waals surface area (Å²) in [6.45, 7) is 0.258. The second-order valence-corrected chi connectivity index (χ2v) is 12.2. The maximum atomic E-state index is 14.3. The highest BCUT2D eigenvalue weighted by molar-refractivity contribution is 14.1. The van der Waals surface area contributed by atoms with Gasteiger partial charge in [0.25, 0.3) is 5.91 Å². The fourth-order valence-corrected chi connectivity index (χ4v) is 7.39. The van der Waals surface area contributed by atoms with Crippen LogP contribution in [-0.4, -0.2) is 35.4 Å². The molecule has 3 aliphatic carbocycles. The van der Waals surface area contributed by atoms with E-state index >= 15 is 0 Å². The van der Waals surface area contributed by atoms with E-state index in [0.29, 0.717) is 0 Å². The Bertz CT molecular complexity index is 1690. The van der Waals surface area contributed by atoms with E-state index in [1.807, 2.05) is 91.0 Å². The summed E-state index contributed by atoms with van der Waals surface area (Å²) in [4.78, 5) is 42.6. The van der Waals surface area contributed by atoms with Crippen LogP contribution in [-0.2, 0) is 26.3 Å². The number of nitrogens with zero attached hydrogens (tertiary/aromatic N) is 2. The predicted molar refractivity (Wildman–Crippen MR) is 169 cm³/mol. The zero-order valence-electron chi connectivity index (χ0n) is 22.5. The third-order valence-electron chi connectivity index (χ3n) is 8.71. The minimum absolute atomic E-state index is 0.0362. The number of imide groups is 1. The number of anilines is 1. The van der Waals surface area contributed by atoms with E-state index in [1.54, 1.807) is 6.21 Å². The highest BCUT2D eigenvalue weighted by Crippen LogP contribution is 2.63. The van der Waals surface area contributed by atoms with Gasteiger partial charge in [-0.05, 0) is 74.7 Å². The number of hydrogen-bond acceptors (Lipinski definition) is 5. The Morgan fingerprint density at radius 2 is 1.45 bits per heavy atom. The lowest BCUT2D eigenvalue weighted by molar-refractivity contribution is -0.140. The van der Waals surface area contributed by atoms with Crippen molar-refractivity contribution in [1.29, 1.82) is 0 Å². The molecule has 0 unspecified atom stereocenters. The fraction of sp³-hybridized carbons (Fsp3) is 0.176. The van der Waals surface area contributed by atoms with E-state index in [-0.39, 0.29) is 36.7 Å². The van der Waals surface area contributed by atoms with Crippen molar-refractivity contribution in [2.24, 2.45) is 16.9 Å². The van der Waals surface area contributed by atoms with Gasteiger partial charge in [0.2, 0.25) is 11.8 Å². The van der Waals surface area contributed by atoms with Crippen molar-refractivity contribution in [2.75, 3.05) is 11.9 Å². The van der Waals surface area contributed by atoms with Gasteiger partial charge >= 0.3 is 0 Å². The summed E-state index contributed by atoms with van der Waals surface area (Å²) in [6, 6.07) is 33.4. The molecule has 4 aromatic rings. The standard InChI is InChI=1S/C34H27IN4O3/c35-22-14-16-23(17-15-22)36-18-28(40)38-37-20-34-26-12-6-4-10-24(26)29(25-11-5-7-13-27(25)34)30-31(34)33(42)39(32(30)41)19-21-8-2-1-3-9-21/h1-17,20,29-31,36H,18-19H2,(H,38,40)/b37-20-/t29?,30-,31+,34?/m1/s1. The third-order valence-corrected chi connectivity index (χ3v) is 9.43. The lowest BCUT2D eigenvalue weighted by atomic mass is 9.47. The van der Waals surface area contributed by atoms with Gasteiger partial charge in [0.1, 0.15) is 0 Å². The van der Waals surface area contributed by atoms with Gasteiger partial charge in [-0.15, -0.1) is 0 Å². The number of amides is 3. The van der Waals surface area contributed by atoms with Gasteiger partial charge in [-0.1, -0.05) is 78.9 Å². The van der Waals surface area contributed by atoms with Crippen LogP contribution in [0.25, 0.3) is 0 Å². The molecule has 7 nitrogen and oxygen atoms in total. The molecule has 4 aliphatic rings. The third kappa shape index (κ3) is 4.15. The molecular weight excluding hydrogens is 639 g/mol. The Morgan fingerprint density at radius 1 is 0.833 bits per heavy atom. The molecule has 0 aromatic heterocycles. The molecule has 1 saturated heterocycles. The highest BCUT2D eigenvalue weighted by atomic mass is 127. The smallest absolute Gasteiger partial charge is 0.259 e. The van der Waals surface area contributed by atoms with Crippen molar-refractivity contribution >= 4 is 52.2 Å². The number of carbonyl (C=O) groups excluding carboxylic acids is 3. The molecule has 0 saturated carbocycles. The largest absolute Gasteiger partial charge is 0.376 e. The molecule has 1 aliphatic heterocycles. The molecule has 8 heteroatoms. The Kier molecular flexibility index (Phi) is 6.65. The van der Waals surface area contributed by atoms with Crippen LogP contribution in [0, 0.1) is 15.4 Å². The minimum atomic E-state index is -1.01. The van der Waals surface area contributed by atoms with Crippen LogP contribution in [0.5, 0.6) is 0 Å². The number of likely N-dealkylation sites (tertiary alicyclic amines) is 1. The molecule has 2 bridgehead atoms. The maximum absolute atomic E-state index is 14.3. The first-order valence-corrected chi connectivity index (χ1v) is 15.0. The summed E-state index contributed by atoms with van der Waals surface area (Å²) in [5, 5.41) is 7.57. The lowest BCUT2D eigenvalue weighted by Gasteiger charge is -2.52. The van der Waals surface area contributed by atoms with Crippen molar-refractivity contribution in [2.45, 2.75) is 17.9 Å². The van der Waals surface area contributed by atoms with E-state index in [2.05, 4.69) is 50.6 Å². The minimum Gasteiger partial charge on any atom is -0.376 e. The quantitative estimate of drug-likeness (QED) is 0.125. The first-order valence-electron chi connectivity index (χ1n) is 13.9. The maximum Gasteiger partial charge on any atom is 0.259 e. The van der Waals surface area contributed by atoms with Gasteiger partial charge in [-0.2, -0.15) is 5.10 Å². The summed E-state index contributed by atoms with van der Waals surface area (Å²) >= 11 is 2.23. The molecule has 1 heterocycles. The lowest BCUT2D eigenvalue weighted by Crippen LogP contribution is -2.54. The van der Waals surface area contributed by atoms with Gasteiger partial charge < -0.3 is 5.32 Å². The van der Waals surface area contributed by atoms with Crippen LogP contribution in [0.2, 0.25) is 0 Å². The van der Waals surface area contributed by atoms with Gasteiger partial charge in [-0.25, -0.2) is 5.43 Å². The van der Waals surface area contributed by atoms with Gasteiger partial charge in [0, 0.05) is 21.4 Å². The predicted octanol–water partition coefficient (Wildman–Crippen LogP) is 5.05. The fourth-order valence-electron chi connectivity index (χ4n) is 7.03. The number of carbonyl (C=O) groups is 3. The van der Waals surface area contributed by atoms with Crippen molar-refractivity contribution in [1.82, 2.24) is 10.3 Å². The molecule has 1 fully saturated rings. The van der Waals surface area contributed by atoms with Crippen LogP contribution in [0.15, 0.2) is 108 Å². The summed E-state index contributed by atoms with van der Waals surface area (Å²) < 4.78 is 1.11. The number of benzene rings is 4. The molecule has 4 aromatic carbocycles. The average Bonchev–Trinajstić information content (AvgIpc) is 3.27. The Balaban J connectivity index is 1.26. The van der Waals surface area contributed by atoms with Crippen molar-refractivity contribution in [3.05, 3.63) is 135 Å². The number of rotatable bonds is 7. The molecule has 2 N–H and O–H groups in total. The normalized spacial score (nSPS) is 23.5. The Morgan fingerprint density at radius 3 is 2.12 bits per heavy atom. The van der Waals surface area contributed by atoms with Crippen LogP contribution in [0.4, 0.5) is 5.69 Å². The monoisotopic (exact) mass is 666 g/mol. The van der Waals surface area contributed by atoms with E-state index in [1.165, 1.54) is 4.90 Å². The summed E-state index contributed by atoms with van der Waals surface area (Å²) in [5.41, 5.74) is 7.34. The SMILES string of the molecule is O=C(CNc1ccc(I)cc1)N/N=C\C12c3ccccc3C(c3ccccc31)[C@H]1C(=O)N(Cc3ccccc3)C(=O)[C@H]12. The topological polar surface area (TPSA) is 90.9 Å². The van der Waals surface area contributed by atoms with Gasteiger partial charge in [-0.3, -0.25) is 19.3 Å².